The molecule has 0 aliphatic heterocycles. The second-order valence-corrected chi connectivity index (χ2v) is 3390. The number of halogens is 141. The molecule has 0 N–H and O–H groups in total. The quantitative estimate of drug-likeness (QED) is 0.0533. The molecule has 0 amide bonds. The van der Waals surface area contributed by atoms with Gasteiger partial charge in [0.25, 0.3) is 0 Å². The van der Waals surface area contributed by atoms with Gasteiger partial charge in [-0.15, -0.1) is 0 Å². The van der Waals surface area contributed by atoms with E-state index in [0.29, 0.717) is 13.3 Å². The molecule has 0 spiro atoms. The summed E-state index contributed by atoms with van der Waals surface area (Å²) in [5.74, 6) is 0. The van der Waals surface area contributed by atoms with Gasteiger partial charge < -0.3 is 0 Å². The molecule has 0 aromatic heterocycles. The Morgan fingerprint density at radius 3 is 0.149 bits per heavy atom. The molecule has 0 radical (unpaired) electrons. The van der Waals surface area contributed by atoms with Gasteiger partial charge in [0.05, 0.1) is 0 Å². The molecule has 0 aromatic rings. The molecule has 0 atom stereocenters. The third kappa shape index (κ3) is 99.3. The molecule has 0 bridgehead atoms. The van der Waals surface area contributed by atoms with E-state index in [1.807, 2.05) is 0 Å². The monoisotopic (exact) mass is 17900 g/mol. The van der Waals surface area contributed by atoms with E-state index in [2.05, 4.69) is 1320 Å². The summed E-state index contributed by atoms with van der Waals surface area (Å²) < 4.78 is 0. The summed E-state index contributed by atoms with van der Waals surface area (Å²) in [5, 5.41) is 0. The van der Waals surface area contributed by atoms with Crippen molar-refractivity contribution in [1.82, 2.24) is 0 Å². The van der Waals surface area contributed by atoms with Crippen LogP contribution in [0.25, 0.3) is 0 Å². The van der Waals surface area contributed by atoms with Crippen LogP contribution < -0.4 is 13.3 Å². The third-order valence-corrected chi connectivity index (χ3v) is 11300. The number of rotatable bonds is 69. The summed E-state index contributed by atoms with van der Waals surface area (Å²) in [6, 6.07) is 0. The van der Waals surface area contributed by atoms with Crippen LogP contribution >= 0.6 is 1870 Å². The van der Waals surface area contributed by atoms with Crippen LogP contribution in [0.1, 0.15) is 0 Å². The fourth-order valence-corrected chi connectivity index (χ4v) is 28300. The summed E-state index contributed by atoms with van der Waals surface area (Å²) in [4.78, 5) is 0. The Hall–Kier alpha value is 103. The summed E-state index contributed by atoms with van der Waals surface area (Å²) in [6.07, 6.45) is 0. The first-order chi connectivity index (χ1) is 64.2. The number of hydrogen-bond acceptors (Lipinski definition) is 0. The van der Waals surface area contributed by atoms with Gasteiger partial charge in [-0.2, -0.15) is 0 Å². The van der Waals surface area contributed by atoms with Gasteiger partial charge in [0.2, 0.25) is 0 Å². The van der Waals surface area contributed by atoms with Gasteiger partial charge in [-0.1, -0.05) is 0 Å². The molecular weight excluding hydrogens is 17900 g/mol. The second-order valence-electron chi connectivity index (χ2n) is 11.2. The molecule has 0 aliphatic rings. The normalized spacial score (nSPS) is 19.2. The average Bonchev–Trinajstić information content (AvgIpc) is 0.816. The van der Waals surface area contributed by atoms with Crippen LogP contribution in [0.3, 0.4) is 0 Å². The standard InChI is InChI=1S/I141/c1-72-74(4)76(6)78(8)80(10)82(12)84(14)86(16)88(18)90(20)92(22)94(24)96(26)98(28)100(30)102(32)104(34)106(36)108(38)110(40)112(42)114(44)116(46)118(48)120(50)122(52)124(54)126(56)128(58)130(60)132(62)134(64)136(66)138(68)140(70)141(71)139(69)137(67)135(65)133(63)131(61)129(59)127(57)125(55)123(53)121(51)119(49)117(47)115(45)113(43)111(41)109(39)107(37)105(35)103(33)101(31)99(29)97(27)95(25)93(23)91(21)89(19)87(17)85(15)83(13)81(11)79(9)77(7)75(5)73(2)3/q-1. The third-order valence-electron chi connectivity index (χ3n) is 5.59. The SMILES string of the molecule is I[I-]I(I)I(I)I(I)I(I)I(I)I(I)I(I)I(I)I(I)I(I)I(I)I(I)I(I)I(I)I(I)I(I)I(I)I(I)I(I)I(I)I(I)I(I)I(I)I(I)I(I)I(I)I(I)I(I)I(I)I(I)I(I)I(I)I(I)I(I)I(I)I(I)I(I)I(I)I(I)I(I)I(I)I(I)I(I)I(I)I(I)I(I)I(I)I(I)I(I)I(I)I(I)I(I)I(I)I(I)I(I)I(I)I(I)I(I)I(I)I(I)I(I)I(I)I(I)I(I)I(I)I(I)I(I)I(I)I(I)I. The Morgan fingerprint density at radius 1 is 0.0638 bits per heavy atom. The molecule has 141 heteroatoms. The maximum absolute atomic E-state index is 3.51. The fraction of sp³-hybridized carbons (Fsp3) is 0. The van der Waals surface area contributed by atoms with Gasteiger partial charge >= 0.3 is 1880 Å². The van der Waals surface area contributed by atoms with Crippen LogP contribution in [0.5, 0.6) is 0 Å². The number of hydrogen-bond donors (Lipinski definition) is 0. The van der Waals surface area contributed by atoms with Crippen LogP contribution in [0, 0.1) is 0 Å². The maximum atomic E-state index is 3.51. The molecule has 0 aromatic carbocycles. The molecular formula is I141-. The Kier molecular flexibility index (Phi) is 254. The minimum absolute atomic E-state index is 0.430. The van der Waals surface area contributed by atoms with Crippen molar-refractivity contribution >= 4 is 1870 Å². The first kappa shape index (κ1) is 244. The van der Waals surface area contributed by atoms with Gasteiger partial charge in [-0.25, -0.2) is 0 Å². The van der Waals surface area contributed by atoms with Crippen LogP contribution in [-0.4, -0.2) is 0 Å². The van der Waals surface area contributed by atoms with Crippen LogP contribution in [0.2, 0.25) is 0 Å². The second kappa shape index (κ2) is 147. The van der Waals surface area contributed by atoms with Gasteiger partial charge in [0.15, 0.2) is 0 Å². The van der Waals surface area contributed by atoms with Gasteiger partial charge in [0, 0.05) is 0 Å². The van der Waals surface area contributed by atoms with Gasteiger partial charge in [-0.3, -0.25) is 0 Å². The summed E-state index contributed by atoms with van der Waals surface area (Å²) >= 11 is 245. The molecule has 988 valence electrons. The summed E-state index contributed by atoms with van der Waals surface area (Å²) in [7, 11) is -44.3. The molecule has 0 saturated carbocycles. The fourth-order valence-electron chi connectivity index (χ4n) is 2.08. The Bertz CT molecular complexity index is 2910. The van der Waals surface area contributed by atoms with Crippen molar-refractivity contribution < 1.29 is 13.3 Å². The van der Waals surface area contributed by atoms with E-state index < -0.39 is 545 Å². The first-order valence-corrected chi connectivity index (χ1v) is 900. The minimum atomic E-state index is -0.688. The molecule has 0 heterocycles. The molecule has 0 rings (SSSR count). The van der Waals surface area contributed by atoms with Crippen molar-refractivity contribution in [3.05, 3.63) is 0 Å². The van der Waals surface area contributed by atoms with E-state index in [4.69, 9.17) is 0 Å². The zero-order chi connectivity index (χ0) is 112. The average molecular weight is 17900 g/mol. The van der Waals surface area contributed by atoms with E-state index in [-0.39, 0.29) is 0 Å². The van der Waals surface area contributed by atoms with Crippen molar-refractivity contribution in [1.29, 1.82) is 0 Å². The predicted octanol–water partition coefficient (Wildman–Crippen LogP) is 121. The first-order valence-electron chi connectivity index (χ1n) is 20.0. The van der Waals surface area contributed by atoms with Crippen molar-refractivity contribution in [2.45, 2.75) is 0 Å². The van der Waals surface area contributed by atoms with Crippen molar-refractivity contribution in [3.63, 3.8) is 0 Å². The zero-order valence-electron chi connectivity index (χ0n) is 53.3. The van der Waals surface area contributed by atoms with Gasteiger partial charge in [-0.05, 0) is 0 Å². The van der Waals surface area contributed by atoms with E-state index in [9.17, 15) is 0 Å². The van der Waals surface area contributed by atoms with Crippen molar-refractivity contribution in [2.24, 2.45) is 0 Å². The topological polar surface area (TPSA) is 0 Å². The zero-order valence-corrected chi connectivity index (χ0v) is 358. The van der Waals surface area contributed by atoms with E-state index in [1.54, 1.807) is 0 Å². The van der Waals surface area contributed by atoms with Gasteiger partial charge in [0.1, 0.15) is 0 Å². The van der Waals surface area contributed by atoms with E-state index in [1.165, 1.54) is 0 Å². The Balaban J connectivity index is 6.00. The van der Waals surface area contributed by atoms with E-state index in [0.717, 1.165) is 0 Å². The summed E-state index contributed by atoms with van der Waals surface area (Å²) in [6.45, 7) is 0. The van der Waals surface area contributed by atoms with E-state index >= 15 is 0 Å². The predicted molar refractivity (Wildman–Crippen MR) is 1960 cm³/mol. The van der Waals surface area contributed by atoms with Crippen molar-refractivity contribution in [2.75, 3.05) is 0 Å². The Morgan fingerprint density at radius 2 is 0.106 bits per heavy atom. The molecule has 141 heavy (non-hydrogen) atoms. The van der Waals surface area contributed by atoms with Crippen LogP contribution in [0.4, 0.5) is 0 Å². The molecule has 0 aliphatic carbocycles. The van der Waals surface area contributed by atoms with Crippen LogP contribution in [0.15, 0.2) is 0 Å². The molecule has 0 nitrogen and oxygen atoms in total. The Labute approximate surface area is 1760 Å². The molecule has 0 fully saturated rings. The van der Waals surface area contributed by atoms with Crippen LogP contribution in [-0.2, 0) is 0 Å². The molecule has 0 unspecified atom stereocenters. The molecule has 0 saturated heterocycles. The summed E-state index contributed by atoms with van der Waals surface area (Å²) in [5.41, 5.74) is 0. The van der Waals surface area contributed by atoms with Crippen molar-refractivity contribution in [3.8, 4) is 0 Å².